The van der Waals surface area contributed by atoms with Crippen LogP contribution in [0, 0.1) is 0 Å². The Morgan fingerprint density at radius 3 is 2.21 bits per heavy atom. The SMILES string of the molecule is CC(C)OP(=O)(COCCn1cnc2c1NC(N)=NC2Cl)OC(C)C.CCOC(C)[C@H](C)NP(=O)(COCCn1cnc2c(=O)[nH]c(N)nc21)Oc1ccccc1. The number of aromatic amines is 1. The fraction of sp³-hybridized carbons (Fsp3) is 0.559. The number of halogens is 1. The van der Waals surface area contributed by atoms with Crippen molar-refractivity contribution < 1.29 is 36.9 Å². The van der Waals surface area contributed by atoms with Crippen LogP contribution in [0.25, 0.3) is 11.2 Å². The van der Waals surface area contributed by atoms with E-state index in [9.17, 15) is 13.9 Å². The van der Waals surface area contributed by atoms with Crippen LogP contribution in [0.15, 0.2) is 52.8 Å². The molecule has 57 heavy (non-hydrogen) atoms. The molecular weight excluding hydrogens is 804 g/mol. The number of H-pyrrole nitrogens is 1. The summed E-state index contributed by atoms with van der Waals surface area (Å²) in [6.45, 7) is 14.7. The standard InChI is InChI=1S/C20H29N6O5P.C14H25ClN5O4P/c1-4-30-15(3)14(2)25-32(28,31-16-8-6-5-7-9-16)13-29-11-10-26-12-22-17-18(26)23-20(21)24-19(17)27;1-9(2)23-25(21,24-10(3)4)8-22-6-5-20-7-17-11-12(15)18-14(16)19-13(11)20/h5-9,12,14-15H,4,10-11,13H2,1-3H3,(H,25,28)(H3,21,23,24,27);7,9-10,12H,5-6,8H2,1-4H3,(H3,16,18,19)/t14-,15?,32?;/m0./s1. The van der Waals surface area contributed by atoms with E-state index in [0.29, 0.717) is 49.2 Å². The lowest BCUT2D eigenvalue weighted by molar-refractivity contribution is 0.0564. The molecule has 1 aliphatic heterocycles. The van der Waals surface area contributed by atoms with E-state index in [0.717, 1.165) is 0 Å². The maximum atomic E-state index is 13.6. The normalized spacial score (nSPS) is 16.3. The summed E-state index contributed by atoms with van der Waals surface area (Å²) in [6.07, 6.45) is 2.23. The first-order valence-corrected chi connectivity index (χ1v) is 22.3. The van der Waals surface area contributed by atoms with Gasteiger partial charge in [0.25, 0.3) is 5.56 Å². The van der Waals surface area contributed by atoms with Crippen molar-refractivity contribution in [3.63, 3.8) is 0 Å². The molecule has 316 valence electrons. The van der Waals surface area contributed by atoms with Crippen LogP contribution in [0.5, 0.6) is 5.75 Å². The minimum Gasteiger partial charge on any atom is -0.431 e. The summed E-state index contributed by atoms with van der Waals surface area (Å²) in [6, 6.07) is 8.69. The molecule has 0 spiro atoms. The predicted molar refractivity (Wildman–Crippen MR) is 219 cm³/mol. The maximum absolute atomic E-state index is 13.6. The number of aliphatic imine (C=N–C) groups is 1. The highest BCUT2D eigenvalue weighted by Gasteiger charge is 2.31. The monoisotopic (exact) mass is 857 g/mol. The highest BCUT2D eigenvalue weighted by atomic mass is 35.5. The van der Waals surface area contributed by atoms with Crippen LogP contribution >= 0.6 is 26.7 Å². The molecule has 4 atom stereocenters. The van der Waals surface area contributed by atoms with Crippen LogP contribution in [-0.4, -0.2) is 91.9 Å². The van der Waals surface area contributed by atoms with Gasteiger partial charge in [0.05, 0.1) is 44.2 Å². The number of ether oxygens (including phenoxy) is 3. The van der Waals surface area contributed by atoms with Gasteiger partial charge in [-0.2, -0.15) is 4.98 Å². The summed E-state index contributed by atoms with van der Waals surface area (Å²) < 4.78 is 63.2. The van der Waals surface area contributed by atoms with Gasteiger partial charge in [-0.1, -0.05) is 29.8 Å². The van der Waals surface area contributed by atoms with Crippen LogP contribution in [0.2, 0.25) is 0 Å². The fourth-order valence-corrected chi connectivity index (χ4v) is 9.24. The second kappa shape index (κ2) is 21.2. The number of alkyl halides is 1. The molecule has 5 rings (SSSR count). The zero-order chi connectivity index (χ0) is 41.8. The molecule has 0 saturated carbocycles. The second-order valence-electron chi connectivity index (χ2n) is 13.4. The average Bonchev–Trinajstić information content (AvgIpc) is 3.73. The zero-order valence-electron chi connectivity index (χ0n) is 33.2. The van der Waals surface area contributed by atoms with E-state index in [1.807, 2.05) is 31.4 Å². The molecule has 1 aliphatic rings. The molecule has 3 aromatic heterocycles. The molecule has 7 N–H and O–H groups in total. The lowest BCUT2D eigenvalue weighted by Gasteiger charge is -2.27. The van der Waals surface area contributed by atoms with Crippen molar-refractivity contribution >= 4 is 55.6 Å². The van der Waals surface area contributed by atoms with Crippen molar-refractivity contribution in [3.05, 3.63) is 59.0 Å². The maximum Gasteiger partial charge on any atom is 0.356 e. The Bertz CT molecular complexity index is 2050. The first kappa shape index (κ1) is 45.9. The van der Waals surface area contributed by atoms with Crippen molar-refractivity contribution in [1.29, 1.82) is 0 Å². The van der Waals surface area contributed by atoms with Crippen LogP contribution in [0.3, 0.4) is 0 Å². The van der Waals surface area contributed by atoms with Crippen molar-refractivity contribution in [3.8, 4) is 5.75 Å². The summed E-state index contributed by atoms with van der Waals surface area (Å²) in [7, 11) is -6.72. The number of nitrogens with two attached hydrogens (primary N) is 2. The number of benzene rings is 1. The number of rotatable bonds is 21. The van der Waals surface area contributed by atoms with Gasteiger partial charge in [0.1, 0.15) is 30.0 Å². The van der Waals surface area contributed by atoms with E-state index in [-0.39, 0.29) is 61.1 Å². The third-order valence-electron chi connectivity index (χ3n) is 7.82. The molecule has 0 radical (unpaired) electrons. The molecule has 0 fully saturated rings. The molecule has 0 bridgehead atoms. The summed E-state index contributed by atoms with van der Waals surface area (Å²) in [4.78, 5) is 30.7. The summed E-state index contributed by atoms with van der Waals surface area (Å²) in [5, 5.41) is 5.99. The number of imidazole rings is 2. The number of guanidine groups is 1. The van der Waals surface area contributed by atoms with E-state index in [1.165, 1.54) is 6.33 Å². The van der Waals surface area contributed by atoms with Crippen LogP contribution < -0.4 is 32.0 Å². The van der Waals surface area contributed by atoms with Gasteiger partial charge >= 0.3 is 15.1 Å². The van der Waals surface area contributed by atoms with E-state index < -0.39 is 26.2 Å². The summed E-state index contributed by atoms with van der Waals surface area (Å²) >= 11 is 6.09. The quantitative estimate of drug-likeness (QED) is 0.0311. The van der Waals surface area contributed by atoms with Crippen LogP contribution in [-0.2, 0) is 45.5 Å². The van der Waals surface area contributed by atoms with E-state index in [4.69, 9.17) is 50.9 Å². The molecule has 0 saturated heterocycles. The van der Waals surface area contributed by atoms with Gasteiger partial charge < -0.3 is 53.7 Å². The number of aromatic nitrogens is 6. The third-order valence-corrected chi connectivity index (χ3v) is 11.9. The Balaban J connectivity index is 0.000000261. The Morgan fingerprint density at radius 2 is 1.56 bits per heavy atom. The Kier molecular flexibility index (Phi) is 17.1. The molecule has 3 unspecified atom stereocenters. The third kappa shape index (κ3) is 13.9. The lowest BCUT2D eigenvalue weighted by atomic mass is 10.2. The number of hydrogen-bond donors (Lipinski definition) is 5. The number of hydrogen-bond acceptors (Lipinski definition) is 16. The minimum atomic E-state index is -3.41. The van der Waals surface area contributed by atoms with Crippen molar-refractivity contribution in [1.82, 2.24) is 34.2 Å². The van der Waals surface area contributed by atoms with Gasteiger partial charge in [-0.25, -0.2) is 20.0 Å². The first-order valence-electron chi connectivity index (χ1n) is 18.4. The first-order chi connectivity index (χ1) is 27.0. The molecule has 0 amide bonds. The Morgan fingerprint density at radius 1 is 0.930 bits per heavy atom. The van der Waals surface area contributed by atoms with Crippen molar-refractivity contribution in [2.24, 2.45) is 10.7 Å². The Labute approximate surface area is 336 Å². The topological polar surface area (TPSA) is 259 Å². The van der Waals surface area contributed by atoms with Crippen molar-refractivity contribution in [2.75, 3.05) is 43.6 Å². The number of nitrogen functional groups attached to an aromatic ring is 1. The number of para-hydroxylation sites is 1. The average molecular weight is 858 g/mol. The second-order valence-corrected chi connectivity index (χ2v) is 17.7. The van der Waals surface area contributed by atoms with Gasteiger partial charge in [-0.3, -0.25) is 18.9 Å². The predicted octanol–water partition coefficient (Wildman–Crippen LogP) is 5.23. The zero-order valence-corrected chi connectivity index (χ0v) is 35.7. The number of anilines is 2. The number of nitrogens with one attached hydrogen (secondary N) is 3. The lowest BCUT2D eigenvalue weighted by Crippen LogP contribution is -2.37. The summed E-state index contributed by atoms with van der Waals surface area (Å²) in [5.74, 6) is 1.39. The van der Waals surface area contributed by atoms with Gasteiger partial charge in [0.2, 0.25) is 5.95 Å². The Hall–Kier alpha value is -3.84. The molecule has 20 nitrogen and oxygen atoms in total. The van der Waals surface area contributed by atoms with Gasteiger partial charge in [0.15, 0.2) is 22.6 Å². The van der Waals surface area contributed by atoms with E-state index in [2.05, 4.69) is 35.3 Å². The van der Waals surface area contributed by atoms with E-state index >= 15 is 0 Å². The summed E-state index contributed by atoms with van der Waals surface area (Å²) in [5.41, 5.74) is 11.4. The van der Waals surface area contributed by atoms with E-state index in [1.54, 1.807) is 62.9 Å². The molecule has 0 aliphatic carbocycles. The van der Waals surface area contributed by atoms with Crippen LogP contribution in [0.4, 0.5) is 11.8 Å². The molecule has 23 heteroatoms. The van der Waals surface area contributed by atoms with Gasteiger partial charge in [-0.05, 0) is 60.6 Å². The number of fused-ring (bicyclic) bond motifs is 2. The highest BCUT2D eigenvalue weighted by molar-refractivity contribution is 7.57. The molecule has 4 heterocycles. The van der Waals surface area contributed by atoms with Crippen LogP contribution in [0.1, 0.15) is 59.7 Å². The smallest absolute Gasteiger partial charge is 0.356 e. The van der Waals surface area contributed by atoms with Crippen molar-refractivity contribution in [2.45, 2.75) is 91.4 Å². The minimum absolute atomic E-state index is 0.00698. The van der Waals surface area contributed by atoms with Gasteiger partial charge in [-0.15, -0.1) is 0 Å². The number of nitrogens with zero attached hydrogens (tertiary/aromatic N) is 6. The van der Waals surface area contributed by atoms with Gasteiger partial charge in [0, 0.05) is 25.7 Å². The fourth-order valence-electron chi connectivity index (χ4n) is 5.33. The highest BCUT2D eigenvalue weighted by Crippen LogP contribution is 2.50. The largest absolute Gasteiger partial charge is 0.431 e. The molecular formula is C34H54ClN11O9P2. The molecule has 4 aromatic rings. The molecule has 1 aromatic carbocycles.